The van der Waals surface area contributed by atoms with Crippen LogP contribution in [0, 0.1) is 0 Å². The highest BCUT2D eigenvalue weighted by Crippen LogP contribution is 2.30. The fourth-order valence-corrected chi connectivity index (χ4v) is 3.51. The number of aryl methyl sites for hydroxylation is 1. The van der Waals surface area contributed by atoms with Crippen molar-refractivity contribution in [2.24, 2.45) is 0 Å². The zero-order valence-corrected chi connectivity index (χ0v) is 16.9. The molecule has 3 aromatic rings. The molecule has 2 aromatic carbocycles. The Balaban J connectivity index is 2.07. The molecule has 31 heavy (non-hydrogen) atoms. The van der Waals surface area contributed by atoms with Gasteiger partial charge in [0.05, 0.1) is 28.4 Å². The minimum atomic E-state index is -4.85. The standard InChI is InChI=1S/C20H17F3N2O5S/c1-31(28,29)17-8-6-15(7-9-17)25-18(12-14(24-25)5-10-19(26)27)13-3-2-4-16(11-13)30-20(21,22)23/h2-4,6-9,11-12H,5,10H2,1H3,(H,26,27). The number of alkyl halides is 3. The van der Waals surface area contributed by atoms with Gasteiger partial charge in [0.1, 0.15) is 5.75 Å². The number of carboxylic acids is 1. The Labute approximate surface area is 175 Å². The van der Waals surface area contributed by atoms with Gasteiger partial charge in [-0.1, -0.05) is 12.1 Å². The second-order valence-electron chi connectivity index (χ2n) is 6.67. The topological polar surface area (TPSA) is 98.5 Å². The lowest BCUT2D eigenvalue weighted by Gasteiger charge is -2.11. The maximum Gasteiger partial charge on any atom is 0.573 e. The maximum atomic E-state index is 12.6. The van der Waals surface area contributed by atoms with Crippen LogP contribution in [0.25, 0.3) is 16.9 Å². The molecule has 0 atom stereocenters. The molecule has 3 rings (SSSR count). The van der Waals surface area contributed by atoms with E-state index in [4.69, 9.17) is 5.11 Å². The number of nitrogens with zero attached hydrogens (tertiary/aromatic N) is 2. The van der Waals surface area contributed by atoms with Crippen LogP contribution in [0.4, 0.5) is 13.2 Å². The predicted octanol–water partition coefficient (Wildman–Crippen LogP) is 3.86. The molecule has 1 N–H and O–H groups in total. The summed E-state index contributed by atoms with van der Waals surface area (Å²) < 4.78 is 66.5. The summed E-state index contributed by atoms with van der Waals surface area (Å²) in [6.45, 7) is 0. The van der Waals surface area contributed by atoms with Gasteiger partial charge >= 0.3 is 12.3 Å². The summed E-state index contributed by atoms with van der Waals surface area (Å²) >= 11 is 0. The van der Waals surface area contributed by atoms with E-state index in [2.05, 4.69) is 9.84 Å². The van der Waals surface area contributed by atoms with Crippen molar-refractivity contribution in [1.29, 1.82) is 0 Å². The number of carboxylic acid groups (broad SMARTS) is 1. The van der Waals surface area contributed by atoms with Crippen molar-refractivity contribution in [3.63, 3.8) is 0 Å². The fraction of sp³-hybridized carbons (Fsp3) is 0.200. The van der Waals surface area contributed by atoms with Crippen molar-refractivity contribution in [2.75, 3.05) is 6.26 Å². The van der Waals surface area contributed by atoms with E-state index in [0.717, 1.165) is 12.3 Å². The minimum Gasteiger partial charge on any atom is -0.481 e. The van der Waals surface area contributed by atoms with Gasteiger partial charge in [-0.2, -0.15) is 5.10 Å². The lowest BCUT2D eigenvalue weighted by Crippen LogP contribution is -2.17. The molecule has 7 nitrogen and oxygen atoms in total. The summed E-state index contributed by atoms with van der Waals surface area (Å²) in [6, 6.07) is 12.6. The van der Waals surface area contributed by atoms with E-state index in [-0.39, 0.29) is 17.7 Å². The third-order valence-electron chi connectivity index (χ3n) is 4.23. The van der Waals surface area contributed by atoms with Crippen LogP contribution in [0.2, 0.25) is 0 Å². The molecule has 0 aliphatic heterocycles. The molecule has 0 saturated heterocycles. The van der Waals surface area contributed by atoms with Crippen molar-refractivity contribution < 1.29 is 36.2 Å². The van der Waals surface area contributed by atoms with Crippen LogP contribution in [0.5, 0.6) is 5.75 Å². The Morgan fingerprint density at radius 2 is 1.81 bits per heavy atom. The quantitative estimate of drug-likeness (QED) is 0.582. The molecule has 0 unspecified atom stereocenters. The first-order valence-corrected chi connectivity index (χ1v) is 10.8. The number of halogens is 3. The van der Waals surface area contributed by atoms with E-state index in [1.807, 2.05) is 0 Å². The Kier molecular flexibility index (Phi) is 6.07. The molecule has 0 fully saturated rings. The van der Waals surface area contributed by atoms with Crippen molar-refractivity contribution in [3.8, 4) is 22.7 Å². The highest BCUT2D eigenvalue weighted by molar-refractivity contribution is 7.90. The predicted molar refractivity (Wildman–Crippen MR) is 105 cm³/mol. The van der Waals surface area contributed by atoms with E-state index in [1.54, 1.807) is 12.1 Å². The summed E-state index contributed by atoms with van der Waals surface area (Å²) in [4.78, 5) is 11.0. The van der Waals surface area contributed by atoms with Gasteiger partial charge < -0.3 is 9.84 Å². The van der Waals surface area contributed by atoms with Crippen molar-refractivity contribution in [3.05, 3.63) is 60.3 Å². The lowest BCUT2D eigenvalue weighted by molar-refractivity contribution is -0.274. The van der Waals surface area contributed by atoms with Crippen LogP contribution >= 0.6 is 0 Å². The normalized spacial score (nSPS) is 12.0. The number of carbonyl (C=O) groups is 1. The summed E-state index contributed by atoms with van der Waals surface area (Å²) in [6.07, 6.45) is -3.86. The highest BCUT2D eigenvalue weighted by atomic mass is 32.2. The monoisotopic (exact) mass is 454 g/mol. The molecule has 164 valence electrons. The zero-order chi connectivity index (χ0) is 22.8. The van der Waals surface area contributed by atoms with Gasteiger partial charge in [-0.15, -0.1) is 13.2 Å². The smallest absolute Gasteiger partial charge is 0.481 e. The van der Waals surface area contributed by atoms with Gasteiger partial charge in [-0.25, -0.2) is 13.1 Å². The molecule has 1 heterocycles. The second-order valence-corrected chi connectivity index (χ2v) is 8.68. The molecule has 0 bridgehead atoms. The van der Waals surface area contributed by atoms with Crippen LogP contribution in [0.15, 0.2) is 59.5 Å². The van der Waals surface area contributed by atoms with Crippen molar-refractivity contribution in [2.45, 2.75) is 24.1 Å². The molecule has 0 aliphatic carbocycles. The van der Waals surface area contributed by atoms with Crippen LogP contribution < -0.4 is 4.74 Å². The van der Waals surface area contributed by atoms with Crippen LogP contribution in [0.1, 0.15) is 12.1 Å². The summed E-state index contributed by atoms with van der Waals surface area (Å²) in [5.41, 5.74) is 1.60. The molecule has 0 amide bonds. The Morgan fingerprint density at radius 3 is 2.39 bits per heavy atom. The summed E-state index contributed by atoms with van der Waals surface area (Å²) in [5, 5.41) is 13.3. The number of hydrogen-bond acceptors (Lipinski definition) is 5. The molecule has 11 heteroatoms. The molecular weight excluding hydrogens is 437 g/mol. The average molecular weight is 454 g/mol. The van der Waals surface area contributed by atoms with Gasteiger partial charge in [0.25, 0.3) is 0 Å². The van der Waals surface area contributed by atoms with E-state index in [1.165, 1.54) is 41.1 Å². The van der Waals surface area contributed by atoms with E-state index in [9.17, 15) is 26.4 Å². The zero-order valence-electron chi connectivity index (χ0n) is 16.1. The van der Waals surface area contributed by atoms with Gasteiger partial charge in [0.15, 0.2) is 9.84 Å². The maximum absolute atomic E-state index is 12.6. The molecular formula is C20H17F3N2O5S. The van der Waals surface area contributed by atoms with Crippen molar-refractivity contribution >= 4 is 15.8 Å². The molecule has 1 aromatic heterocycles. The third-order valence-corrected chi connectivity index (χ3v) is 5.36. The highest BCUT2D eigenvalue weighted by Gasteiger charge is 2.31. The first-order chi connectivity index (χ1) is 14.4. The van der Waals surface area contributed by atoms with Gasteiger partial charge in [-0.3, -0.25) is 4.79 Å². The van der Waals surface area contributed by atoms with Gasteiger partial charge in [0, 0.05) is 18.2 Å². The number of sulfone groups is 1. The third kappa shape index (κ3) is 5.85. The molecule has 0 radical (unpaired) electrons. The molecule has 0 saturated carbocycles. The fourth-order valence-electron chi connectivity index (χ4n) is 2.88. The molecule has 0 aliphatic rings. The van der Waals surface area contributed by atoms with Crippen molar-refractivity contribution in [1.82, 2.24) is 9.78 Å². The number of ether oxygens (including phenoxy) is 1. The average Bonchev–Trinajstić information content (AvgIpc) is 3.09. The van der Waals surface area contributed by atoms with Crippen LogP contribution in [0.3, 0.4) is 0 Å². The lowest BCUT2D eigenvalue weighted by atomic mass is 10.1. The van der Waals surface area contributed by atoms with Crippen LogP contribution in [-0.4, -0.2) is 41.9 Å². The van der Waals surface area contributed by atoms with E-state index < -0.39 is 27.9 Å². The summed E-state index contributed by atoms with van der Waals surface area (Å²) in [5.74, 6) is -1.44. The number of benzene rings is 2. The largest absolute Gasteiger partial charge is 0.573 e. The first-order valence-electron chi connectivity index (χ1n) is 8.90. The first kappa shape index (κ1) is 22.3. The SMILES string of the molecule is CS(=O)(=O)c1ccc(-n2nc(CCC(=O)O)cc2-c2cccc(OC(F)(F)F)c2)cc1. The molecule has 0 spiro atoms. The van der Waals surface area contributed by atoms with E-state index in [0.29, 0.717) is 22.6 Å². The van der Waals surface area contributed by atoms with Crippen LogP contribution in [-0.2, 0) is 21.1 Å². The number of rotatable bonds is 7. The van der Waals surface area contributed by atoms with E-state index >= 15 is 0 Å². The number of hydrogen-bond donors (Lipinski definition) is 1. The Morgan fingerprint density at radius 1 is 1.13 bits per heavy atom. The number of aliphatic carboxylic acids is 1. The second kappa shape index (κ2) is 8.42. The Bertz CT molecular complexity index is 1200. The van der Waals surface area contributed by atoms with Gasteiger partial charge in [-0.05, 0) is 42.5 Å². The Hall–Kier alpha value is -3.34. The minimum absolute atomic E-state index is 0.0941. The van der Waals surface area contributed by atoms with Gasteiger partial charge in [0.2, 0.25) is 0 Å². The summed E-state index contributed by atoms with van der Waals surface area (Å²) in [7, 11) is -3.42. The number of aromatic nitrogens is 2.